The third-order valence-corrected chi connectivity index (χ3v) is 17.3. The van der Waals surface area contributed by atoms with E-state index in [-0.39, 0.29) is 22.4 Å². The Morgan fingerprint density at radius 3 is 1.69 bits per heavy atom. The number of aliphatic imine (C=N–C) groups is 2. The summed E-state index contributed by atoms with van der Waals surface area (Å²) in [5, 5.41) is 26.7. The maximum Gasteiger partial charge on any atom is 0.279 e. The molecule has 0 bridgehead atoms. The number of rotatable bonds is 32. The van der Waals surface area contributed by atoms with Crippen LogP contribution in [0.15, 0.2) is 9.98 Å². The van der Waals surface area contributed by atoms with Crippen LogP contribution in [0.2, 0.25) is 0 Å². The molecular formula is C23H44N4O6S12. The monoisotopic (exact) mass is 856 g/mol. The quantitative estimate of drug-likeness (QED) is 0.0311. The predicted octanol–water partition coefficient (Wildman–Crippen LogP) is 4.98. The van der Waals surface area contributed by atoms with Gasteiger partial charge < -0.3 is 20.8 Å². The first kappa shape index (κ1) is 47.0. The molecule has 22 heteroatoms. The van der Waals surface area contributed by atoms with E-state index in [1.807, 2.05) is 0 Å². The lowest BCUT2D eigenvalue weighted by Crippen LogP contribution is -2.22. The molecule has 0 aliphatic carbocycles. The Bertz CT molecular complexity index is 835. The highest BCUT2D eigenvalue weighted by atomic mass is 32.2. The average Bonchev–Trinajstić information content (AvgIpc) is 3.03. The van der Waals surface area contributed by atoms with Gasteiger partial charge in [0.25, 0.3) is 10.5 Å². The van der Waals surface area contributed by atoms with Crippen LogP contribution in [0.4, 0.5) is 9.59 Å². The van der Waals surface area contributed by atoms with Gasteiger partial charge in [0.15, 0.2) is 0 Å². The number of nitrogens with zero attached hydrogens (tertiary/aromatic N) is 2. The number of nitrogens with one attached hydrogen (secondary N) is 2. The van der Waals surface area contributed by atoms with Crippen molar-refractivity contribution in [2.45, 2.75) is 0 Å². The molecule has 0 spiro atoms. The Morgan fingerprint density at radius 1 is 0.578 bits per heavy atom. The lowest BCUT2D eigenvalue weighted by molar-refractivity contribution is 0.260. The summed E-state index contributed by atoms with van der Waals surface area (Å²) in [5.41, 5.74) is 3.01. The molecule has 45 heavy (non-hydrogen) atoms. The molecule has 2 unspecified atom stereocenters. The summed E-state index contributed by atoms with van der Waals surface area (Å²) in [6, 6.07) is 0. The largest absolute Gasteiger partial charge is 0.386 e. The lowest BCUT2D eigenvalue weighted by Gasteiger charge is -2.05. The summed E-state index contributed by atoms with van der Waals surface area (Å²) < 4.78 is 23.5. The highest BCUT2D eigenvalue weighted by Crippen LogP contribution is 2.16. The van der Waals surface area contributed by atoms with E-state index in [0.717, 1.165) is 55.5 Å². The molecule has 0 saturated carbocycles. The van der Waals surface area contributed by atoms with E-state index < -0.39 is 21.6 Å². The summed E-state index contributed by atoms with van der Waals surface area (Å²) in [4.78, 5) is 31.8. The van der Waals surface area contributed by atoms with Gasteiger partial charge in [-0.1, -0.05) is 23.5 Å². The summed E-state index contributed by atoms with van der Waals surface area (Å²) in [5.74, 6) is 6.50. The van der Waals surface area contributed by atoms with Crippen molar-refractivity contribution in [3.05, 3.63) is 0 Å². The first-order chi connectivity index (χ1) is 22.0. The van der Waals surface area contributed by atoms with Crippen LogP contribution >= 0.6 is 118 Å². The van der Waals surface area contributed by atoms with Crippen LogP contribution in [-0.4, -0.2) is 150 Å². The van der Waals surface area contributed by atoms with Gasteiger partial charge in [-0.2, -0.15) is 23.5 Å². The third kappa shape index (κ3) is 38.7. The molecule has 4 N–H and O–H groups in total. The molecule has 0 aromatic heterocycles. The van der Waals surface area contributed by atoms with Crippen molar-refractivity contribution >= 4 is 161 Å². The van der Waals surface area contributed by atoms with Crippen LogP contribution in [0.25, 0.3) is 0 Å². The number of thioether (sulfide) groups is 10. The zero-order valence-electron chi connectivity index (χ0n) is 24.9. The van der Waals surface area contributed by atoms with Crippen molar-refractivity contribution in [1.29, 1.82) is 0 Å². The van der Waals surface area contributed by atoms with Crippen molar-refractivity contribution in [3.63, 3.8) is 0 Å². The minimum atomic E-state index is -1.12. The normalized spacial score (nSPS) is 13.0. The molecule has 0 rings (SSSR count). The topological polar surface area (TPSA) is 158 Å². The molecule has 0 radical (unpaired) electrons. The van der Waals surface area contributed by atoms with E-state index >= 15 is 0 Å². The first-order valence-corrected chi connectivity index (χ1v) is 27.4. The van der Waals surface area contributed by atoms with Gasteiger partial charge in [-0.3, -0.25) is 28.0 Å². The van der Waals surface area contributed by atoms with Crippen molar-refractivity contribution in [2.24, 2.45) is 9.98 Å². The van der Waals surface area contributed by atoms with Gasteiger partial charge in [0.05, 0.1) is 54.7 Å². The van der Waals surface area contributed by atoms with Gasteiger partial charge >= 0.3 is 0 Å². The van der Waals surface area contributed by atoms with Crippen molar-refractivity contribution in [3.8, 4) is 0 Å². The molecular weight excluding hydrogens is 813 g/mol. The maximum absolute atomic E-state index is 12.1. The van der Waals surface area contributed by atoms with Crippen LogP contribution in [0.1, 0.15) is 0 Å². The van der Waals surface area contributed by atoms with Crippen LogP contribution in [0, 0.1) is 0 Å². The zero-order valence-corrected chi connectivity index (χ0v) is 34.7. The lowest BCUT2D eigenvalue weighted by atomic mass is 10.8. The second kappa shape index (κ2) is 38.8. The van der Waals surface area contributed by atoms with E-state index in [1.165, 1.54) is 52.6 Å². The molecule has 0 heterocycles. The fourth-order valence-electron chi connectivity index (χ4n) is 2.26. The van der Waals surface area contributed by atoms with E-state index in [2.05, 4.69) is 20.6 Å². The van der Waals surface area contributed by atoms with Crippen LogP contribution in [0.3, 0.4) is 0 Å². The van der Waals surface area contributed by atoms with Crippen LogP contribution in [0.5, 0.6) is 0 Å². The first-order valence-electron chi connectivity index (χ1n) is 13.4. The van der Waals surface area contributed by atoms with E-state index in [0.29, 0.717) is 42.1 Å². The highest BCUT2D eigenvalue weighted by Gasteiger charge is 2.03. The molecule has 0 aliphatic heterocycles. The SMILES string of the molecule is O=C(NCCSCSCCN=CS(=O)CSCO)SCCSCSCCS(=O)C=NCCSCSCCNC(=O)SCSCO. The van der Waals surface area contributed by atoms with Gasteiger partial charge in [0.1, 0.15) is 0 Å². The molecule has 0 fully saturated rings. The number of amides is 2. The molecule has 2 amide bonds. The summed E-state index contributed by atoms with van der Waals surface area (Å²) in [7, 11) is -2.16. The van der Waals surface area contributed by atoms with Crippen LogP contribution in [-0.2, 0) is 21.6 Å². The smallest absolute Gasteiger partial charge is 0.279 e. The number of carbonyl (C=O) groups excluding carboxylic acids is 2. The Labute approximate surface area is 316 Å². The van der Waals surface area contributed by atoms with Gasteiger partial charge in [-0.15, -0.1) is 70.6 Å². The van der Waals surface area contributed by atoms with E-state index in [4.69, 9.17) is 10.2 Å². The van der Waals surface area contributed by atoms with Gasteiger partial charge in [0, 0.05) is 87.5 Å². The van der Waals surface area contributed by atoms with E-state index in [1.54, 1.807) is 76.1 Å². The molecule has 0 aliphatic rings. The fourth-order valence-corrected chi connectivity index (χ4v) is 12.9. The predicted molar refractivity (Wildman–Crippen MR) is 223 cm³/mol. The number of carbonyl (C=O) groups is 2. The van der Waals surface area contributed by atoms with Gasteiger partial charge in [-0.25, -0.2) is 0 Å². The number of aliphatic hydroxyl groups is 2. The van der Waals surface area contributed by atoms with Gasteiger partial charge in [0.2, 0.25) is 0 Å². The molecule has 0 aromatic carbocycles. The van der Waals surface area contributed by atoms with Crippen LogP contribution < -0.4 is 10.6 Å². The molecule has 0 saturated heterocycles. The summed E-state index contributed by atoms with van der Waals surface area (Å²) in [6.45, 7) is 2.55. The molecule has 0 aromatic rings. The average molecular weight is 857 g/mol. The number of aliphatic hydroxyl groups excluding tert-OH is 2. The van der Waals surface area contributed by atoms with E-state index in [9.17, 15) is 18.0 Å². The standard InChI is InChI=1S/C23H44N4O6S12/c28-15-40-20-43-23(31)27-4-8-37-17-34-5-1-24-13-44(32)12-11-39-19-38-9-10-42-22(30)26-3-7-36-18-35-6-2-25-14-45(33)21-41-16-29/h13-14,28-29H,1-12,15-21H2,(H,26,30)(H,27,31). The summed E-state index contributed by atoms with van der Waals surface area (Å²) >= 11 is 15.6. The second-order valence-electron chi connectivity index (χ2n) is 7.62. The third-order valence-electron chi connectivity index (χ3n) is 4.19. The number of hydrogen-bond donors (Lipinski definition) is 4. The summed E-state index contributed by atoms with van der Waals surface area (Å²) in [6.07, 6.45) is 0. The minimum Gasteiger partial charge on any atom is -0.386 e. The van der Waals surface area contributed by atoms with Crippen molar-refractivity contribution in [2.75, 3.05) is 110 Å². The second-order valence-corrected chi connectivity index (χ2v) is 22.6. The van der Waals surface area contributed by atoms with Crippen molar-refractivity contribution < 1.29 is 28.2 Å². The minimum absolute atomic E-state index is 0.00997. The number of hydrogen-bond acceptors (Lipinski definition) is 18. The molecule has 264 valence electrons. The molecule has 2 atom stereocenters. The Kier molecular flexibility index (Phi) is 40.5. The highest BCUT2D eigenvalue weighted by molar-refractivity contribution is 8.23. The zero-order chi connectivity index (χ0) is 33.1. The van der Waals surface area contributed by atoms with Crippen molar-refractivity contribution in [1.82, 2.24) is 10.6 Å². The molecule has 10 nitrogen and oxygen atoms in total. The Hall–Kier alpha value is 2.00. The van der Waals surface area contributed by atoms with Gasteiger partial charge in [-0.05, 0) is 0 Å². The Morgan fingerprint density at radius 2 is 1.09 bits per heavy atom. The fraction of sp³-hybridized carbons (Fsp3) is 0.826. The maximum atomic E-state index is 12.1. The Balaban J connectivity index is 3.41.